The summed E-state index contributed by atoms with van der Waals surface area (Å²) in [5.74, 6) is 0.730. The molecule has 0 amide bonds. The highest BCUT2D eigenvalue weighted by Crippen LogP contribution is 2.10. The Morgan fingerprint density at radius 3 is 2.79 bits per heavy atom. The number of benzene rings is 1. The van der Waals surface area contributed by atoms with E-state index in [1.54, 1.807) is 0 Å². The summed E-state index contributed by atoms with van der Waals surface area (Å²) in [6.45, 7) is 4.05. The normalized spacial score (nSPS) is 10.8. The molecule has 0 fully saturated rings. The molecule has 108 valence electrons. The monoisotopic (exact) mass is 397 g/mol. The molecule has 0 aliphatic heterocycles. The number of aliphatic imine (C=N–C) groups is 1. The molecule has 0 spiro atoms. The van der Waals surface area contributed by atoms with Crippen molar-refractivity contribution in [2.75, 3.05) is 26.2 Å². The molecule has 0 bridgehead atoms. The van der Waals surface area contributed by atoms with E-state index in [-0.39, 0.29) is 30.6 Å². The number of nitrogens with one attached hydrogen (secondary N) is 2. The minimum absolute atomic E-state index is 0. The van der Waals surface area contributed by atoms with E-state index < -0.39 is 0 Å². The van der Waals surface area contributed by atoms with Crippen molar-refractivity contribution in [1.29, 1.82) is 0 Å². The highest BCUT2D eigenvalue weighted by Gasteiger charge is 1.97. The number of nitrogens with zero attached hydrogens (tertiary/aromatic N) is 1. The van der Waals surface area contributed by atoms with E-state index in [2.05, 4.69) is 15.6 Å². The van der Waals surface area contributed by atoms with Crippen LogP contribution in [0.5, 0.6) is 0 Å². The van der Waals surface area contributed by atoms with Gasteiger partial charge in [0.25, 0.3) is 0 Å². The lowest BCUT2D eigenvalue weighted by Gasteiger charge is -2.11. The van der Waals surface area contributed by atoms with Crippen LogP contribution in [0.4, 0.5) is 0 Å². The third-order valence-electron chi connectivity index (χ3n) is 2.31. The fourth-order valence-electron chi connectivity index (χ4n) is 1.52. The summed E-state index contributed by atoms with van der Waals surface area (Å²) in [5, 5.41) is 15.8. The molecule has 1 aromatic carbocycles. The van der Waals surface area contributed by atoms with Crippen LogP contribution >= 0.6 is 35.6 Å². The van der Waals surface area contributed by atoms with Crippen molar-refractivity contribution >= 4 is 41.5 Å². The quantitative estimate of drug-likeness (QED) is 0.391. The zero-order chi connectivity index (χ0) is 13.2. The SMILES string of the molecule is CCNC(=NCCO)NCCc1cccc(Cl)c1.I. The summed E-state index contributed by atoms with van der Waals surface area (Å²) in [5.41, 5.74) is 1.19. The Morgan fingerprint density at radius 1 is 1.37 bits per heavy atom. The molecule has 0 unspecified atom stereocenters. The summed E-state index contributed by atoms with van der Waals surface area (Å²) < 4.78 is 0. The van der Waals surface area contributed by atoms with Gasteiger partial charge in [-0.05, 0) is 31.0 Å². The van der Waals surface area contributed by atoms with Crippen LogP contribution < -0.4 is 10.6 Å². The summed E-state index contributed by atoms with van der Waals surface area (Å²) >= 11 is 5.92. The van der Waals surface area contributed by atoms with Gasteiger partial charge in [-0.25, -0.2) is 0 Å². The fourth-order valence-corrected chi connectivity index (χ4v) is 1.73. The Morgan fingerprint density at radius 2 is 2.16 bits per heavy atom. The smallest absolute Gasteiger partial charge is 0.191 e. The van der Waals surface area contributed by atoms with Gasteiger partial charge in [0, 0.05) is 18.1 Å². The minimum Gasteiger partial charge on any atom is -0.394 e. The van der Waals surface area contributed by atoms with Crippen LogP contribution in [0.1, 0.15) is 12.5 Å². The summed E-state index contributed by atoms with van der Waals surface area (Å²) in [4.78, 5) is 4.20. The number of aliphatic hydroxyl groups excluding tert-OH is 1. The molecular weight excluding hydrogens is 377 g/mol. The van der Waals surface area contributed by atoms with Gasteiger partial charge in [0.15, 0.2) is 5.96 Å². The second kappa shape index (κ2) is 11.3. The molecule has 0 aliphatic carbocycles. The van der Waals surface area contributed by atoms with Gasteiger partial charge in [-0.2, -0.15) is 0 Å². The highest BCUT2D eigenvalue weighted by molar-refractivity contribution is 14.0. The zero-order valence-electron chi connectivity index (χ0n) is 11.0. The number of halogens is 2. The molecule has 3 N–H and O–H groups in total. The lowest BCUT2D eigenvalue weighted by atomic mass is 10.1. The Kier molecular flexibility index (Phi) is 11.0. The maximum Gasteiger partial charge on any atom is 0.191 e. The van der Waals surface area contributed by atoms with Crippen LogP contribution in [0.25, 0.3) is 0 Å². The molecule has 0 heterocycles. The van der Waals surface area contributed by atoms with Gasteiger partial charge in [-0.15, -0.1) is 24.0 Å². The molecule has 1 aromatic rings. The summed E-state index contributed by atoms with van der Waals surface area (Å²) in [6.07, 6.45) is 0.879. The molecule has 0 aromatic heterocycles. The number of hydrogen-bond acceptors (Lipinski definition) is 2. The molecule has 19 heavy (non-hydrogen) atoms. The average Bonchev–Trinajstić information content (AvgIpc) is 2.36. The van der Waals surface area contributed by atoms with E-state index in [4.69, 9.17) is 16.7 Å². The Bertz CT molecular complexity index is 388. The van der Waals surface area contributed by atoms with Crippen molar-refractivity contribution in [3.8, 4) is 0 Å². The number of guanidine groups is 1. The first kappa shape index (κ1) is 18.5. The second-order valence-corrected chi connectivity index (χ2v) is 4.23. The van der Waals surface area contributed by atoms with Crippen molar-refractivity contribution in [3.05, 3.63) is 34.9 Å². The van der Waals surface area contributed by atoms with Crippen molar-refractivity contribution < 1.29 is 5.11 Å². The van der Waals surface area contributed by atoms with Crippen LogP contribution in [-0.4, -0.2) is 37.3 Å². The highest BCUT2D eigenvalue weighted by atomic mass is 127. The molecule has 1 rings (SSSR count). The Balaban J connectivity index is 0.00000324. The van der Waals surface area contributed by atoms with E-state index >= 15 is 0 Å². The first-order valence-electron chi connectivity index (χ1n) is 6.13. The van der Waals surface area contributed by atoms with Gasteiger partial charge in [0.1, 0.15) is 0 Å². The third-order valence-corrected chi connectivity index (χ3v) is 2.54. The summed E-state index contributed by atoms with van der Waals surface area (Å²) in [7, 11) is 0. The van der Waals surface area contributed by atoms with Crippen LogP contribution in [0.2, 0.25) is 5.02 Å². The van der Waals surface area contributed by atoms with E-state index in [1.807, 2.05) is 31.2 Å². The fraction of sp³-hybridized carbons (Fsp3) is 0.462. The van der Waals surface area contributed by atoms with Crippen LogP contribution in [0, 0.1) is 0 Å². The predicted molar refractivity (Wildman–Crippen MR) is 91.6 cm³/mol. The molecule has 0 aliphatic rings. The van der Waals surface area contributed by atoms with Gasteiger partial charge >= 0.3 is 0 Å². The van der Waals surface area contributed by atoms with E-state index in [9.17, 15) is 0 Å². The average molecular weight is 398 g/mol. The van der Waals surface area contributed by atoms with E-state index in [0.717, 1.165) is 30.5 Å². The van der Waals surface area contributed by atoms with E-state index in [1.165, 1.54) is 5.56 Å². The van der Waals surface area contributed by atoms with Crippen molar-refractivity contribution in [3.63, 3.8) is 0 Å². The third kappa shape index (κ3) is 8.28. The molecular formula is C13H21ClIN3O. The van der Waals surface area contributed by atoms with Gasteiger partial charge in [0.2, 0.25) is 0 Å². The summed E-state index contributed by atoms with van der Waals surface area (Å²) in [6, 6.07) is 7.82. The van der Waals surface area contributed by atoms with Gasteiger partial charge < -0.3 is 15.7 Å². The van der Waals surface area contributed by atoms with Crippen molar-refractivity contribution in [2.45, 2.75) is 13.3 Å². The second-order valence-electron chi connectivity index (χ2n) is 3.79. The molecule has 0 radical (unpaired) electrons. The zero-order valence-corrected chi connectivity index (χ0v) is 14.1. The van der Waals surface area contributed by atoms with Gasteiger partial charge in [0.05, 0.1) is 13.2 Å². The maximum atomic E-state index is 8.74. The topological polar surface area (TPSA) is 56.7 Å². The number of aliphatic hydroxyl groups is 1. The number of hydrogen-bond donors (Lipinski definition) is 3. The molecule has 6 heteroatoms. The first-order valence-corrected chi connectivity index (χ1v) is 6.51. The lowest BCUT2D eigenvalue weighted by molar-refractivity contribution is 0.306. The molecule has 4 nitrogen and oxygen atoms in total. The lowest BCUT2D eigenvalue weighted by Crippen LogP contribution is -2.38. The van der Waals surface area contributed by atoms with Crippen molar-refractivity contribution in [2.24, 2.45) is 4.99 Å². The minimum atomic E-state index is 0. The Labute approximate surface area is 136 Å². The van der Waals surface area contributed by atoms with Crippen molar-refractivity contribution in [1.82, 2.24) is 10.6 Å². The largest absolute Gasteiger partial charge is 0.394 e. The molecule has 0 saturated carbocycles. The molecule has 0 atom stereocenters. The first-order chi connectivity index (χ1) is 8.76. The van der Waals surface area contributed by atoms with Crippen LogP contribution in [0.15, 0.2) is 29.3 Å². The van der Waals surface area contributed by atoms with E-state index in [0.29, 0.717) is 6.54 Å². The Hall–Kier alpha value is -0.530. The maximum absolute atomic E-state index is 8.74. The predicted octanol–water partition coefficient (Wildman–Crippen LogP) is 2.05. The standard InChI is InChI=1S/C13H20ClN3O.HI/c1-2-15-13(17-8-9-18)16-7-6-11-4-3-5-12(14)10-11;/h3-5,10,18H,2,6-9H2,1H3,(H2,15,16,17);1H. The molecule has 0 saturated heterocycles. The van der Waals surface area contributed by atoms with Gasteiger partial charge in [-0.1, -0.05) is 23.7 Å². The van der Waals surface area contributed by atoms with Crippen LogP contribution in [0.3, 0.4) is 0 Å². The van der Waals surface area contributed by atoms with Gasteiger partial charge in [-0.3, -0.25) is 4.99 Å². The van der Waals surface area contributed by atoms with Crippen LogP contribution in [-0.2, 0) is 6.42 Å². The number of rotatable bonds is 6.